The normalized spacial score (nSPS) is 15.4. The van der Waals surface area contributed by atoms with Crippen molar-refractivity contribution in [2.75, 3.05) is 192 Å². The summed E-state index contributed by atoms with van der Waals surface area (Å²) in [5.41, 5.74) is 15.7. The van der Waals surface area contributed by atoms with Crippen molar-refractivity contribution in [2.24, 2.45) is 5.73 Å². The van der Waals surface area contributed by atoms with Gasteiger partial charge in [-0.05, 0) is 193 Å². The number of aromatic carboxylic acids is 2. The maximum absolute atomic E-state index is 13.1. The van der Waals surface area contributed by atoms with Gasteiger partial charge in [0, 0.05) is 144 Å². The van der Waals surface area contributed by atoms with Gasteiger partial charge >= 0.3 is 11.9 Å². The third kappa shape index (κ3) is 33.3. The number of nitrogens with two attached hydrogens (primary N) is 1. The van der Waals surface area contributed by atoms with Crippen molar-refractivity contribution in [3.8, 4) is 0 Å². The van der Waals surface area contributed by atoms with Crippen LogP contribution >= 0.6 is 69.6 Å². The van der Waals surface area contributed by atoms with Crippen molar-refractivity contribution >= 4 is 123 Å². The number of nitrogens with one attached hydrogen (secondary N) is 3. The molecule has 37 heteroatoms. The zero-order chi connectivity index (χ0) is 91.5. The maximum atomic E-state index is 13.1. The molecule has 0 saturated carbocycles. The summed E-state index contributed by atoms with van der Waals surface area (Å²) in [6, 6.07) is 43.5. The third-order valence-electron chi connectivity index (χ3n) is 20.6. The van der Waals surface area contributed by atoms with E-state index >= 15 is 0 Å². The summed E-state index contributed by atoms with van der Waals surface area (Å²) in [6.45, 7) is 11.7. The van der Waals surface area contributed by atoms with Crippen LogP contribution in [0.1, 0.15) is 129 Å². The zero-order valence-corrected chi connectivity index (χ0v) is 77.9. The van der Waals surface area contributed by atoms with Crippen molar-refractivity contribution in [1.82, 2.24) is 29.5 Å². The second kappa shape index (κ2) is 52.8. The van der Waals surface area contributed by atoms with Gasteiger partial charge in [-0.1, -0.05) is 118 Å². The molecule has 7 N–H and O–H groups in total. The molecule has 8 aromatic rings. The maximum Gasteiger partial charge on any atom is 0.335 e. The third-order valence-corrected chi connectivity index (χ3v) is 27.1. The summed E-state index contributed by atoms with van der Waals surface area (Å²) in [5, 5.41) is 23.4. The minimum absolute atomic E-state index is 0.00223. The molecule has 690 valence electrons. The molecule has 0 aliphatic carbocycles. The molecule has 1 amide bonds. The highest BCUT2D eigenvalue weighted by Gasteiger charge is 2.32. The van der Waals surface area contributed by atoms with Crippen LogP contribution in [0.25, 0.3) is 0 Å². The second-order valence-electron chi connectivity index (χ2n) is 30.1. The fourth-order valence-corrected chi connectivity index (χ4v) is 19.3. The van der Waals surface area contributed by atoms with Crippen molar-refractivity contribution in [3.63, 3.8) is 0 Å². The van der Waals surface area contributed by atoms with E-state index in [0.717, 1.165) is 82.8 Å². The highest BCUT2D eigenvalue weighted by Crippen LogP contribution is 2.42. The van der Waals surface area contributed by atoms with Crippen LogP contribution in [0.5, 0.6) is 0 Å². The van der Waals surface area contributed by atoms with Crippen LogP contribution in [-0.4, -0.2) is 265 Å². The van der Waals surface area contributed by atoms with Crippen molar-refractivity contribution in [1.29, 1.82) is 0 Å². The fraction of sp³-hybridized carbons (Fsp3) is 0.422. The van der Waals surface area contributed by atoms with E-state index in [2.05, 4.69) is 29.5 Å². The predicted molar refractivity (Wildman–Crippen MR) is 489 cm³/mol. The van der Waals surface area contributed by atoms with Crippen molar-refractivity contribution in [3.05, 3.63) is 260 Å². The Labute approximate surface area is 773 Å². The molecule has 11 rings (SSSR count). The SMILES string of the molecule is CN1Cc2c(Cl)cc(Cl)cc2[C@H](c2ccc(S(=O)(=O)CCCOCCOCCOCCCC(=O)c3ccc(C(=O)NCCOCCOCCOCCNS(=O)(=O)c4ccc([C@@H]5CN(C)Cc6c(Cl)cc(Cl)cc65)cc4)cc3)cc2)C1.CN1Cc2c(Cl)cc(Cl)cc2[C@H](c2ccc(S(=O)(=O)NCCOCCOCCOCCN)cc2)C1.O=C(O)c1ccc(C(=O)O)cc1. The van der Waals surface area contributed by atoms with Crippen molar-refractivity contribution < 1.29 is 97.3 Å². The van der Waals surface area contributed by atoms with E-state index in [0.29, 0.717) is 160 Å². The highest BCUT2D eigenvalue weighted by atomic mass is 35.5. The van der Waals surface area contributed by atoms with E-state index in [1.54, 1.807) is 78.9 Å². The van der Waals surface area contributed by atoms with Gasteiger partial charge in [-0.3, -0.25) is 9.59 Å². The van der Waals surface area contributed by atoms with Crippen LogP contribution in [0.2, 0.25) is 30.1 Å². The summed E-state index contributed by atoms with van der Waals surface area (Å²) < 4.78 is 132. The van der Waals surface area contributed by atoms with E-state index < -0.39 is 41.8 Å². The molecule has 0 saturated heterocycles. The number of halogens is 6. The topological polar surface area (TPSA) is 366 Å². The Morgan fingerprint density at radius 3 is 1.02 bits per heavy atom. The van der Waals surface area contributed by atoms with Gasteiger partial charge in [0.15, 0.2) is 15.6 Å². The number of sulfonamides is 2. The van der Waals surface area contributed by atoms with Crippen LogP contribution in [0.3, 0.4) is 0 Å². The molecular weight excluding hydrogens is 1820 g/mol. The molecular formula is C90H109Cl6N7O21S3. The zero-order valence-electron chi connectivity index (χ0n) is 70.9. The molecule has 0 spiro atoms. The number of likely N-dealkylation sites (N-methyl/N-ethyl adjacent to an activating group) is 3. The minimum atomic E-state index is -3.74. The van der Waals surface area contributed by atoms with Gasteiger partial charge in [-0.25, -0.2) is 44.3 Å². The summed E-state index contributed by atoms with van der Waals surface area (Å²) in [7, 11) is -4.78. The summed E-state index contributed by atoms with van der Waals surface area (Å²) in [6.07, 6.45) is 1.17. The highest BCUT2D eigenvalue weighted by molar-refractivity contribution is 7.91. The number of fused-ring (bicyclic) bond motifs is 3. The summed E-state index contributed by atoms with van der Waals surface area (Å²) in [4.78, 5) is 53.2. The van der Waals surface area contributed by atoms with Gasteiger partial charge in [0.2, 0.25) is 20.0 Å². The lowest BCUT2D eigenvalue weighted by Gasteiger charge is -2.33. The monoisotopic (exact) mass is 1930 g/mol. The molecule has 0 unspecified atom stereocenters. The van der Waals surface area contributed by atoms with Gasteiger partial charge in [0.05, 0.1) is 137 Å². The van der Waals surface area contributed by atoms with Crippen molar-refractivity contribution in [2.45, 2.75) is 71.3 Å². The van der Waals surface area contributed by atoms with E-state index in [9.17, 15) is 44.4 Å². The average molecular weight is 1930 g/mol. The molecule has 28 nitrogen and oxygen atoms in total. The lowest BCUT2D eigenvalue weighted by Crippen LogP contribution is -2.31. The molecule has 3 heterocycles. The molecule has 0 aromatic heterocycles. The Bertz CT molecular complexity index is 5000. The molecule has 8 aromatic carbocycles. The van der Waals surface area contributed by atoms with Crippen LogP contribution < -0.4 is 20.5 Å². The first-order chi connectivity index (χ1) is 60.9. The first-order valence-electron chi connectivity index (χ1n) is 41.3. The van der Waals surface area contributed by atoms with Crippen LogP contribution in [0.4, 0.5) is 0 Å². The lowest BCUT2D eigenvalue weighted by molar-refractivity contribution is 0.0142. The number of Topliss-reactive ketones (excluding diaryl/α,β-unsaturated/α-hetero) is 1. The number of hydrogen-bond acceptors (Lipinski definition) is 23. The smallest absolute Gasteiger partial charge is 0.335 e. The summed E-state index contributed by atoms with van der Waals surface area (Å²) in [5.74, 6) is -2.42. The number of sulfone groups is 1. The van der Waals surface area contributed by atoms with Gasteiger partial charge in [-0.2, -0.15) is 0 Å². The second-order valence-corrected chi connectivity index (χ2v) is 38.3. The standard InChI is InChI=1S/C58H70Cl4N4O12S2.C24H33Cl2N3O5S.C8H6O4/c1-65-37-51(49-33-45(59)35-55(61)53(49)39-65)41-10-14-47(15-11-41)79(69,70)32-4-21-74-25-29-77-28-24-73-20-3-5-57(67)43-6-8-44(9-7-43)58(68)63-18-22-75-26-30-78-31-27-76-23-19-64-80(71,72)48-16-12-42(13-17-48)52-38-66(2)40-54-50(52)34-46(60)36-56(54)62;1-29-16-22(21-14-19(25)15-24(26)23(21)17-29)18-2-4-20(5-3-18)35(30,31)28-7-9-33-11-13-34-12-10-32-8-6-27;9-7(10)5-1-2-6(4-3-5)8(11)12/h6-17,33-36,51-52,64H,3-5,18-32,37-40H2,1-2H3,(H,63,68);2-5,14-15,22,28H,6-13,16-17,27H2,1H3;1-4H,(H,9,10)(H,11,12)/t51-,52-;22-;/m00./s1. The number of carboxylic acid groups (broad SMARTS) is 2. The molecule has 0 fully saturated rings. The number of carbonyl (C=O) groups is 4. The number of amides is 1. The summed E-state index contributed by atoms with van der Waals surface area (Å²) >= 11 is 38.4. The predicted octanol–water partition coefficient (Wildman–Crippen LogP) is 13.0. The Balaban J connectivity index is 0.000000315. The molecule has 127 heavy (non-hydrogen) atoms. The minimum Gasteiger partial charge on any atom is -0.478 e. The van der Waals surface area contributed by atoms with Crippen LogP contribution in [0, 0.1) is 0 Å². The van der Waals surface area contributed by atoms with Gasteiger partial charge in [0.1, 0.15) is 0 Å². The number of carboxylic acids is 2. The fourth-order valence-electron chi connectivity index (χ4n) is 14.3. The first kappa shape index (κ1) is 104. The molecule has 3 aliphatic heterocycles. The lowest BCUT2D eigenvalue weighted by atomic mass is 9.85. The molecule has 3 atom stereocenters. The number of nitrogens with zero attached hydrogens (tertiary/aromatic N) is 3. The Hall–Kier alpha value is -7.17. The van der Waals surface area contributed by atoms with Gasteiger partial charge in [0.25, 0.3) is 5.91 Å². The van der Waals surface area contributed by atoms with E-state index in [-0.39, 0.29) is 114 Å². The van der Waals surface area contributed by atoms with E-state index in [1.807, 2.05) is 75.7 Å². The first-order valence-corrected chi connectivity index (χ1v) is 48.2. The average Bonchev–Trinajstić information content (AvgIpc) is 0.782. The largest absolute Gasteiger partial charge is 0.478 e. The van der Waals surface area contributed by atoms with Crippen LogP contribution in [-0.2, 0) is 92.1 Å². The van der Waals surface area contributed by atoms with Gasteiger partial charge < -0.3 is 78.6 Å². The van der Waals surface area contributed by atoms with E-state index in [4.69, 9.17) is 128 Å². The molecule has 3 aliphatic rings. The van der Waals surface area contributed by atoms with Gasteiger partial charge in [-0.15, -0.1) is 0 Å². The quantitative estimate of drug-likeness (QED) is 0.0152. The number of rotatable bonds is 49. The Morgan fingerprint density at radius 2 is 0.677 bits per heavy atom. The molecule has 0 bridgehead atoms. The van der Waals surface area contributed by atoms with E-state index in [1.165, 1.54) is 24.3 Å². The Morgan fingerprint density at radius 1 is 0.378 bits per heavy atom. The number of carbonyl (C=O) groups excluding carboxylic acids is 2. The number of ketones is 1. The molecule has 0 radical (unpaired) electrons. The number of ether oxygens (including phenoxy) is 9. The van der Waals surface area contributed by atoms with Crippen LogP contribution in [0.15, 0.2) is 172 Å². The number of benzene rings is 8. The Kier molecular flexibility index (Phi) is 43.0. The number of hydrogen-bond donors (Lipinski definition) is 6.